The lowest BCUT2D eigenvalue weighted by molar-refractivity contribution is 0.184. The van der Waals surface area contributed by atoms with Crippen LogP contribution in [0.5, 0.6) is 0 Å². The highest BCUT2D eigenvalue weighted by molar-refractivity contribution is 7.16. The summed E-state index contributed by atoms with van der Waals surface area (Å²) in [5.74, 6) is 0. The lowest BCUT2D eigenvalue weighted by Gasteiger charge is -2.18. The topological polar surface area (TPSA) is 34.1 Å². The van der Waals surface area contributed by atoms with Gasteiger partial charge in [-0.25, -0.2) is 4.98 Å². The average molecular weight is 271 g/mol. The maximum Gasteiger partial charge on any atom is 0.106 e. The van der Waals surface area contributed by atoms with Gasteiger partial charge in [-0.3, -0.25) is 0 Å². The fraction of sp³-hybridized carbons (Fsp3) is 0.417. The van der Waals surface area contributed by atoms with Gasteiger partial charge in [-0.15, -0.1) is 11.3 Å². The molecule has 0 saturated carbocycles. The largest absolute Gasteiger partial charge is 0.383 e. The van der Waals surface area contributed by atoms with E-state index in [1.807, 2.05) is 17.6 Å². The predicted octanol–water partition coefficient (Wildman–Crippen LogP) is 3.79. The summed E-state index contributed by atoms with van der Waals surface area (Å²) in [6.45, 7) is 2.78. The molecule has 17 heavy (non-hydrogen) atoms. The summed E-state index contributed by atoms with van der Waals surface area (Å²) < 4.78 is 6.32. The van der Waals surface area contributed by atoms with Crippen molar-refractivity contribution in [3.05, 3.63) is 22.7 Å². The first-order chi connectivity index (χ1) is 8.26. The Bertz CT molecular complexity index is 500. The van der Waals surface area contributed by atoms with E-state index in [0.29, 0.717) is 11.6 Å². The molecule has 0 aliphatic rings. The molecule has 0 spiro atoms. The Morgan fingerprint density at radius 1 is 1.53 bits per heavy atom. The summed E-state index contributed by atoms with van der Waals surface area (Å²) in [5.41, 5.74) is 3.69. The standard InChI is InChI=1S/C12H15ClN2OS/c1-3-8(6-16-2)15-11-9(13)4-5-10-12(11)14-7-17-10/h4-5,7-8,15H,3,6H2,1-2H3. The van der Waals surface area contributed by atoms with Crippen molar-refractivity contribution >= 4 is 38.8 Å². The molecular weight excluding hydrogens is 256 g/mol. The Morgan fingerprint density at radius 3 is 3.06 bits per heavy atom. The number of anilines is 1. The molecule has 5 heteroatoms. The smallest absolute Gasteiger partial charge is 0.106 e. The molecular formula is C12H15ClN2OS. The maximum absolute atomic E-state index is 6.22. The zero-order valence-corrected chi connectivity index (χ0v) is 11.4. The number of nitrogens with zero attached hydrogens (tertiary/aromatic N) is 1. The van der Waals surface area contributed by atoms with E-state index in [2.05, 4.69) is 17.2 Å². The van der Waals surface area contributed by atoms with Gasteiger partial charge in [-0.2, -0.15) is 0 Å². The summed E-state index contributed by atoms with van der Waals surface area (Å²) in [5, 5.41) is 4.12. The van der Waals surface area contributed by atoms with Gasteiger partial charge in [-0.05, 0) is 18.6 Å². The van der Waals surface area contributed by atoms with Crippen LogP contribution in [0.3, 0.4) is 0 Å². The first-order valence-corrected chi connectivity index (χ1v) is 6.79. The number of rotatable bonds is 5. The second kappa shape index (κ2) is 5.67. The fourth-order valence-corrected chi connectivity index (χ4v) is 2.60. The van der Waals surface area contributed by atoms with Crippen LogP contribution in [0.25, 0.3) is 10.2 Å². The van der Waals surface area contributed by atoms with Gasteiger partial charge in [0.2, 0.25) is 0 Å². The molecule has 92 valence electrons. The molecule has 0 amide bonds. The first-order valence-electron chi connectivity index (χ1n) is 5.53. The molecule has 1 N–H and O–H groups in total. The molecule has 1 aromatic carbocycles. The summed E-state index contributed by atoms with van der Waals surface area (Å²) in [6.07, 6.45) is 0.977. The molecule has 0 aliphatic carbocycles. The van der Waals surface area contributed by atoms with E-state index >= 15 is 0 Å². The molecule has 0 bridgehead atoms. The van der Waals surface area contributed by atoms with Crippen molar-refractivity contribution < 1.29 is 4.74 Å². The summed E-state index contributed by atoms with van der Waals surface area (Å²) >= 11 is 7.84. The van der Waals surface area contributed by atoms with Gasteiger partial charge in [0, 0.05) is 13.2 Å². The van der Waals surface area contributed by atoms with Crippen LogP contribution in [-0.2, 0) is 4.74 Å². The second-order valence-corrected chi connectivity index (χ2v) is 5.12. The number of aromatic nitrogens is 1. The molecule has 1 atom stereocenters. The van der Waals surface area contributed by atoms with Gasteiger partial charge in [-0.1, -0.05) is 18.5 Å². The minimum Gasteiger partial charge on any atom is -0.383 e. The number of ether oxygens (including phenoxy) is 1. The van der Waals surface area contributed by atoms with Crippen LogP contribution in [0.4, 0.5) is 5.69 Å². The van der Waals surface area contributed by atoms with Crippen LogP contribution in [0, 0.1) is 0 Å². The van der Waals surface area contributed by atoms with Crippen LogP contribution >= 0.6 is 22.9 Å². The lowest BCUT2D eigenvalue weighted by atomic mass is 10.2. The number of hydrogen-bond acceptors (Lipinski definition) is 4. The lowest BCUT2D eigenvalue weighted by Crippen LogP contribution is -2.24. The summed E-state index contributed by atoms with van der Waals surface area (Å²) in [4.78, 5) is 4.36. The molecule has 1 aromatic heterocycles. The zero-order chi connectivity index (χ0) is 12.3. The Balaban J connectivity index is 2.33. The predicted molar refractivity (Wildman–Crippen MR) is 74.2 cm³/mol. The highest BCUT2D eigenvalue weighted by Crippen LogP contribution is 2.32. The third kappa shape index (κ3) is 2.70. The van der Waals surface area contributed by atoms with Crippen LogP contribution < -0.4 is 5.32 Å². The molecule has 0 saturated heterocycles. The van der Waals surface area contributed by atoms with Gasteiger partial charge >= 0.3 is 0 Å². The van der Waals surface area contributed by atoms with E-state index in [-0.39, 0.29) is 6.04 Å². The van der Waals surface area contributed by atoms with Crippen molar-refractivity contribution in [2.75, 3.05) is 19.0 Å². The number of halogens is 1. The molecule has 2 aromatic rings. The van der Waals surface area contributed by atoms with Crippen molar-refractivity contribution in [3.63, 3.8) is 0 Å². The minimum atomic E-state index is 0.254. The molecule has 0 aliphatic heterocycles. The fourth-order valence-electron chi connectivity index (χ4n) is 1.71. The van der Waals surface area contributed by atoms with Gasteiger partial charge in [0.05, 0.1) is 27.5 Å². The quantitative estimate of drug-likeness (QED) is 0.898. The van der Waals surface area contributed by atoms with E-state index in [4.69, 9.17) is 16.3 Å². The molecule has 1 heterocycles. The van der Waals surface area contributed by atoms with Gasteiger partial charge < -0.3 is 10.1 Å². The van der Waals surface area contributed by atoms with Crippen molar-refractivity contribution in [3.8, 4) is 0 Å². The van der Waals surface area contributed by atoms with E-state index in [1.54, 1.807) is 18.4 Å². The highest BCUT2D eigenvalue weighted by Gasteiger charge is 2.12. The number of thiazole rings is 1. The molecule has 0 fully saturated rings. The first kappa shape index (κ1) is 12.6. The molecule has 0 radical (unpaired) electrons. The molecule has 2 rings (SSSR count). The normalized spacial score (nSPS) is 12.9. The van der Waals surface area contributed by atoms with Crippen LogP contribution in [-0.4, -0.2) is 24.7 Å². The monoisotopic (exact) mass is 270 g/mol. The number of benzene rings is 1. The third-order valence-corrected chi connectivity index (χ3v) is 3.77. The maximum atomic E-state index is 6.22. The number of methoxy groups -OCH3 is 1. The Hall–Kier alpha value is -0.840. The van der Waals surface area contributed by atoms with Gasteiger partial charge in [0.15, 0.2) is 0 Å². The zero-order valence-electron chi connectivity index (χ0n) is 9.87. The number of hydrogen-bond donors (Lipinski definition) is 1. The second-order valence-electron chi connectivity index (χ2n) is 3.83. The average Bonchev–Trinajstić information content (AvgIpc) is 2.80. The van der Waals surface area contributed by atoms with Crippen LogP contribution in [0.15, 0.2) is 17.6 Å². The number of fused-ring (bicyclic) bond motifs is 1. The van der Waals surface area contributed by atoms with E-state index in [1.165, 1.54) is 0 Å². The van der Waals surface area contributed by atoms with Crippen molar-refractivity contribution in [2.45, 2.75) is 19.4 Å². The summed E-state index contributed by atoms with van der Waals surface area (Å²) in [7, 11) is 1.70. The van der Waals surface area contributed by atoms with Crippen molar-refractivity contribution in [1.82, 2.24) is 4.98 Å². The Kier molecular flexibility index (Phi) is 4.20. The van der Waals surface area contributed by atoms with Gasteiger partial charge in [0.1, 0.15) is 5.52 Å². The SMILES string of the molecule is CCC(COC)Nc1c(Cl)ccc2scnc12. The van der Waals surface area contributed by atoms with Crippen LogP contribution in [0.1, 0.15) is 13.3 Å². The van der Waals surface area contributed by atoms with Crippen LogP contribution in [0.2, 0.25) is 5.02 Å². The van der Waals surface area contributed by atoms with Gasteiger partial charge in [0.25, 0.3) is 0 Å². The van der Waals surface area contributed by atoms with E-state index < -0.39 is 0 Å². The van der Waals surface area contributed by atoms with Crippen molar-refractivity contribution in [1.29, 1.82) is 0 Å². The summed E-state index contributed by atoms with van der Waals surface area (Å²) in [6, 6.07) is 4.16. The third-order valence-electron chi connectivity index (χ3n) is 2.66. The van der Waals surface area contributed by atoms with E-state index in [0.717, 1.165) is 22.3 Å². The number of nitrogens with one attached hydrogen (secondary N) is 1. The Morgan fingerprint density at radius 2 is 2.35 bits per heavy atom. The van der Waals surface area contributed by atoms with E-state index in [9.17, 15) is 0 Å². The molecule has 3 nitrogen and oxygen atoms in total. The Labute approximate surface area is 110 Å². The minimum absolute atomic E-state index is 0.254. The van der Waals surface area contributed by atoms with Crippen molar-refractivity contribution in [2.24, 2.45) is 0 Å². The highest BCUT2D eigenvalue weighted by atomic mass is 35.5. The molecule has 1 unspecified atom stereocenters.